The van der Waals surface area contributed by atoms with Crippen LogP contribution >= 0.6 is 0 Å². The molecule has 1 aromatic rings. The number of nitrogen functional groups attached to an aromatic ring is 2. The molecular weight excluding hydrogens is 176 g/mol. The Morgan fingerprint density at radius 2 is 2.07 bits per heavy atom. The number of anilines is 2. The quantitative estimate of drug-likeness (QED) is 0.715. The average molecular weight is 192 g/mol. The van der Waals surface area contributed by atoms with E-state index < -0.39 is 0 Å². The van der Waals surface area contributed by atoms with Crippen LogP contribution in [-0.4, -0.2) is 9.78 Å². The van der Waals surface area contributed by atoms with E-state index in [0.29, 0.717) is 11.6 Å². The van der Waals surface area contributed by atoms with Crippen molar-refractivity contribution in [2.75, 3.05) is 11.5 Å². The van der Waals surface area contributed by atoms with Gasteiger partial charge in [-0.3, -0.25) is 0 Å². The van der Waals surface area contributed by atoms with Gasteiger partial charge in [0.15, 0.2) is 5.82 Å². The largest absolute Gasteiger partial charge is 0.383 e. The lowest BCUT2D eigenvalue weighted by Gasteiger charge is -1.96. The Hall–Kier alpha value is -1.71. The minimum atomic E-state index is 0.509. The van der Waals surface area contributed by atoms with Crippen molar-refractivity contribution in [1.82, 2.24) is 9.78 Å². The first kappa shape index (κ1) is 10.4. The number of hydrogen-bond donors (Lipinski definition) is 2. The highest BCUT2D eigenvalue weighted by molar-refractivity contribution is 5.57. The topological polar surface area (TPSA) is 69.9 Å². The van der Waals surface area contributed by atoms with Crippen molar-refractivity contribution in [2.24, 2.45) is 0 Å². The number of aromatic nitrogens is 2. The summed E-state index contributed by atoms with van der Waals surface area (Å²) in [6.07, 6.45) is 8.28. The fourth-order valence-electron chi connectivity index (χ4n) is 1.22. The number of allylic oxidation sites excluding steroid dienone is 3. The number of rotatable bonds is 3. The summed E-state index contributed by atoms with van der Waals surface area (Å²) in [5.41, 5.74) is 12.4. The molecule has 76 valence electrons. The lowest BCUT2D eigenvalue weighted by atomic mass is 10.2. The Balaban J connectivity index is 2.99. The molecule has 4 heteroatoms. The first-order valence-electron chi connectivity index (χ1n) is 4.62. The SMILES string of the molecule is C/C=C\C=C/n1nc(N)c(CC)c1N. The predicted octanol–water partition coefficient (Wildman–Crippen LogP) is 1.66. The van der Waals surface area contributed by atoms with E-state index in [1.165, 1.54) is 0 Å². The minimum Gasteiger partial charge on any atom is -0.383 e. The second-order valence-corrected chi connectivity index (χ2v) is 2.91. The van der Waals surface area contributed by atoms with Crippen LogP contribution in [0.15, 0.2) is 18.2 Å². The smallest absolute Gasteiger partial charge is 0.151 e. The van der Waals surface area contributed by atoms with Crippen LogP contribution in [-0.2, 0) is 6.42 Å². The van der Waals surface area contributed by atoms with Gasteiger partial charge < -0.3 is 11.5 Å². The molecule has 0 spiro atoms. The molecule has 0 aliphatic carbocycles. The standard InChI is InChI=1S/C10H16N4/c1-3-5-6-7-14-10(12)8(4-2)9(11)13-14/h3,5-7H,4,12H2,1-2H3,(H2,11,13)/b5-3-,7-6-. The Morgan fingerprint density at radius 1 is 1.36 bits per heavy atom. The zero-order valence-electron chi connectivity index (χ0n) is 8.57. The third kappa shape index (κ3) is 1.96. The summed E-state index contributed by atoms with van der Waals surface area (Å²) in [6.45, 7) is 3.95. The van der Waals surface area contributed by atoms with Gasteiger partial charge in [0.05, 0.1) is 0 Å². The molecule has 0 aromatic carbocycles. The molecule has 0 saturated heterocycles. The molecule has 0 bridgehead atoms. The van der Waals surface area contributed by atoms with E-state index in [9.17, 15) is 0 Å². The summed E-state index contributed by atoms with van der Waals surface area (Å²) < 4.78 is 1.59. The van der Waals surface area contributed by atoms with Crippen molar-refractivity contribution in [1.29, 1.82) is 0 Å². The molecule has 0 amide bonds. The van der Waals surface area contributed by atoms with Gasteiger partial charge in [-0.2, -0.15) is 0 Å². The molecular formula is C10H16N4. The highest BCUT2D eigenvalue weighted by atomic mass is 15.3. The maximum Gasteiger partial charge on any atom is 0.151 e. The fourth-order valence-corrected chi connectivity index (χ4v) is 1.22. The Labute approximate surface area is 83.9 Å². The molecule has 0 atom stereocenters. The Morgan fingerprint density at radius 3 is 2.57 bits per heavy atom. The van der Waals surface area contributed by atoms with Gasteiger partial charge in [-0.15, -0.1) is 5.10 Å². The highest BCUT2D eigenvalue weighted by Gasteiger charge is 2.08. The van der Waals surface area contributed by atoms with Gasteiger partial charge in [-0.05, 0) is 19.4 Å². The summed E-state index contributed by atoms with van der Waals surface area (Å²) in [4.78, 5) is 0. The predicted molar refractivity (Wildman–Crippen MR) is 60.6 cm³/mol. The molecule has 4 N–H and O–H groups in total. The van der Waals surface area contributed by atoms with Crippen LogP contribution in [0.4, 0.5) is 11.6 Å². The monoisotopic (exact) mass is 192 g/mol. The summed E-state index contributed by atoms with van der Waals surface area (Å²) in [6, 6.07) is 0. The van der Waals surface area contributed by atoms with Gasteiger partial charge in [0, 0.05) is 11.8 Å². The van der Waals surface area contributed by atoms with E-state index in [0.717, 1.165) is 12.0 Å². The van der Waals surface area contributed by atoms with Gasteiger partial charge in [0.25, 0.3) is 0 Å². The van der Waals surface area contributed by atoms with E-state index >= 15 is 0 Å². The molecule has 0 aliphatic heterocycles. The van der Waals surface area contributed by atoms with Crippen molar-refractivity contribution < 1.29 is 0 Å². The molecule has 0 radical (unpaired) electrons. The molecule has 14 heavy (non-hydrogen) atoms. The van der Waals surface area contributed by atoms with Crippen LogP contribution in [0.2, 0.25) is 0 Å². The van der Waals surface area contributed by atoms with Gasteiger partial charge in [0.1, 0.15) is 5.82 Å². The van der Waals surface area contributed by atoms with E-state index in [-0.39, 0.29) is 0 Å². The summed E-state index contributed by atoms with van der Waals surface area (Å²) in [5, 5.41) is 4.10. The van der Waals surface area contributed by atoms with Crippen LogP contribution in [0, 0.1) is 0 Å². The Bertz CT molecular complexity index is 360. The average Bonchev–Trinajstić information content (AvgIpc) is 2.42. The number of nitrogens with zero attached hydrogens (tertiary/aromatic N) is 2. The van der Waals surface area contributed by atoms with E-state index in [4.69, 9.17) is 11.5 Å². The first-order chi connectivity index (χ1) is 6.70. The molecule has 0 fully saturated rings. The summed E-state index contributed by atoms with van der Waals surface area (Å²) in [7, 11) is 0. The summed E-state index contributed by atoms with van der Waals surface area (Å²) in [5.74, 6) is 1.13. The summed E-state index contributed by atoms with van der Waals surface area (Å²) >= 11 is 0. The van der Waals surface area contributed by atoms with E-state index in [2.05, 4.69) is 5.10 Å². The number of nitrogens with two attached hydrogens (primary N) is 2. The van der Waals surface area contributed by atoms with Crippen LogP contribution < -0.4 is 11.5 Å². The fraction of sp³-hybridized carbons (Fsp3) is 0.300. The van der Waals surface area contributed by atoms with Gasteiger partial charge in [-0.25, -0.2) is 4.68 Å². The molecule has 1 heterocycles. The van der Waals surface area contributed by atoms with Crippen molar-refractivity contribution in [2.45, 2.75) is 20.3 Å². The van der Waals surface area contributed by atoms with Crippen LogP contribution in [0.5, 0.6) is 0 Å². The molecule has 0 aliphatic rings. The van der Waals surface area contributed by atoms with Crippen molar-refractivity contribution in [3.8, 4) is 0 Å². The van der Waals surface area contributed by atoms with E-state index in [1.54, 1.807) is 10.9 Å². The highest BCUT2D eigenvalue weighted by Crippen LogP contribution is 2.19. The van der Waals surface area contributed by atoms with Gasteiger partial charge in [-0.1, -0.05) is 19.1 Å². The van der Waals surface area contributed by atoms with E-state index in [1.807, 2.05) is 32.1 Å². The molecule has 0 unspecified atom stereocenters. The first-order valence-corrected chi connectivity index (χ1v) is 4.62. The van der Waals surface area contributed by atoms with Gasteiger partial charge >= 0.3 is 0 Å². The lowest BCUT2D eigenvalue weighted by Crippen LogP contribution is -1.97. The van der Waals surface area contributed by atoms with Crippen molar-refractivity contribution in [3.63, 3.8) is 0 Å². The zero-order chi connectivity index (χ0) is 10.6. The minimum absolute atomic E-state index is 0.509. The van der Waals surface area contributed by atoms with Crippen LogP contribution in [0.3, 0.4) is 0 Å². The number of hydrogen-bond acceptors (Lipinski definition) is 3. The molecule has 1 rings (SSSR count). The third-order valence-electron chi connectivity index (χ3n) is 1.97. The van der Waals surface area contributed by atoms with Gasteiger partial charge in [0.2, 0.25) is 0 Å². The lowest BCUT2D eigenvalue weighted by molar-refractivity contribution is 0.951. The van der Waals surface area contributed by atoms with Crippen LogP contribution in [0.25, 0.3) is 6.20 Å². The second kappa shape index (κ2) is 4.50. The molecule has 0 saturated carbocycles. The zero-order valence-corrected chi connectivity index (χ0v) is 8.57. The second-order valence-electron chi connectivity index (χ2n) is 2.91. The van der Waals surface area contributed by atoms with Crippen LogP contribution in [0.1, 0.15) is 19.4 Å². The maximum absolute atomic E-state index is 5.84. The maximum atomic E-state index is 5.84. The van der Waals surface area contributed by atoms with Crippen molar-refractivity contribution >= 4 is 17.8 Å². The Kier molecular flexibility index (Phi) is 3.34. The van der Waals surface area contributed by atoms with Crippen molar-refractivity contribution in [3.05, 3.63) is 23.8 Å². The normalized spacial score (nSPS) is 11.9. The molecule has 1 aromatic heterocycles. The third-order valence-corrected chi connectivity index (χ3v) is 1.97. The molecule has 4 nitrogen and oxygen atoms in total.